The highest BCUT2D eigenvalue weighted by atomic mass is 32.2. The van der Waals surface area contributed by atoms with E-state index in [2.05, 4.69) is 67.8 Å². The van der Waals surface area contributed by atoms with Crippen molar-refractivity contribution in [3.8, 4) is 0 Å². The Morgan fingerprint density at radius 1 is 1.32 bits per heavy atom. The minimum absolute atomic E-state index is 0.218. The third-order valence-electron chi connectivity index (χ3n) is 3.43. The van der Waals surface area contributed by atoms with E-state index in [4.69, 9.17) is 4.74 Å². The fourth-order valence-corrected chi connectivity index (χ4v) is 2.56. The smallest absolute Gasteiger partial charge is 0.191 e. The van der Waals surface area contributed by atoms with Crippen molar-refractivity contribution in [1.82, 2.24) is 10.6 Å². The minimum Gasteiger partial charge on any atom is -0.377 e. The number of aliphatic imine (C=N–C) groups is 1. The van der Waals surface area contributed by atoms with E-state index < -0.39 is 0 Å². The normalized spacial score (nSPS) is 12.4. The molecule has 0 unspecified atom stereocenters. The van der Waals surface area contributed by atoms with E-state index >= 15 is 0 Å². The molecule has 1 aromatic rings. The Bertz CT molecular complexity index is 501. The molecule has 5 heteroatoms. The number of hydrogen-bond donors (Lipinski definition) is 2. The van der Waals surface area contributed by atoms with E-state index in [0.717, 1.165) is 12.5 Å². The molecule has 22 heavy (non-hydrogen) atoms. The lowest BCUT2D eigenvalue weighted by Crippen LogP contribution is -2.45. The molecule has 4 nitrogen and oxygen atoms in total. The van der Waals surface area contributed by atoms with Crippen molar-refractivity contribution in [2.24, 2.45) is 4.99 Å². The van der Waals surface area contributed by atoms with Crippen LogP contribution in [0.15, 0.2) is 28.1 Å². The second-order valence-electron chi connectivity index (χ2n) is 5.83. The van der Waals surface area contributed by atoms with E-state index in [9.17, 15) is 0 Å². The molecule has 0 spiro atoms. The van der Waals surface area contributed by atoms with Gasteiger partial charge in [0.15, 0.2) is 5.96 Å². The summed E-state index contributed by atoms with van der Waals surface area (Å²) in [6.07, 6.45) is 2.10. The largest absolute Gasteiger partial charge is 0.377 e. The molecule has 0 aliphatic heterocycles. The Hall–Kier alpha value is -1.20. The summed E-state index contributed by atoms with van der Waals surface area (Å²) in [4.78, 5) is 5.97. The Morgan fingerprint density at radius 3 is 2.64 bits per heavy atom. The Kier molecular flexibility index (Phi) is 7.76. The lowest BCUT2D eigenvalue weighted by molar-refractivity contribution is 0.0268. The quantitative estimate of drug-likeness (QED) is 0.459. The van der Waals surface area contributed by atoms with E-state index in [1.165, 1.54) is 16.0 Å². The second kappa shape index (κ2) is 9.06. The number of thioether (sulfide) groups is 1. The summed E-state index contributed by atoms with van der Waals surface area (Å²) in [5, 5.41) is 6.61. The Labute approximate surface area is 139 Å². The van der Waals surface area contributed by atoms with Gasteiger partial charge in [-0.05, 0) is 51.1 Å². The van der Waals surface area contributed by atoms with Gasteiger partial charge >= 0.3 is 0 Å². The number of hydrogen-bond acceptors (Lipinski definition) is 3. The van der Waals surface area contributed by atoms with Crippen LogP contribution in [0.3, 0.4) is 0 Å². The van der Waals surface area contributed by atoms with Crippen molar-refractivity contribution in [2.75, 3.05) is 26.5 Å². The summed E-state index contributed by atoms with van der Waals surface area (Å²) in [5.41, 5.74) is 2.31. The van der Waals surface area contributed by atoms with Crippen molar-refractivity contribution in [2.45, 2.75) is 44.7 Å². The fourth-order valence-electron chi connectivity index (χ4n) is 1.86. The number of nitrogens with one attached hydrogen (secondary N) is 2. The number of benzene rings is 1. The molecule has 1 rings (SSSR count). The van der Waals surface area contributed by atoms with Gasteiger partial charge < -0.3 is 15.4 Å². The van der Waals surface area contributed by atoms with Crippen LogP contribution in [0.2, 0.25) is 0 Å². The summed E-state index contributed by atoms with van der Waals surface area (Å²) in [6, 6.07) is 6.51. The highest BCUT2D eigenvalue weighted by Gasteiger charge is 2.16. The summed E-state index contributed by atoms with van der Waals surface area (Å²) in [5.74, 6) is 0.820. The molecule has 1 aromatic carbocycles. The third-order valence-corrected chi connectivity index (χ3v) is 4.25. The summed E-state index contributed by atoms with van der Waals surface area (Å²) >= 11 is 1.77. The van der Waals surface area contributed by atoms with Gasteiger partial charge in [-0.15, -0.1) is 11.8 Å². The minimum atomic E-state index is -0.218. The number of ether oxygens (including phenoxy) is 1. The van der Waals surface area contributed by atoms with Crippen LogP contribution >= 0.6 is 11.8 Å². The molecule has 0 aromatic heterocycles. The first-order valence-electron chi connectivity index (χ1n) is 7.62. The molecule has 2 N–H and O–H groups in total. The zero-order valence-electron chi connectivity index (χ0n) is 14.6. The van der Waals surface area contributed by atoms with Crippen molar-refractivity contribution in [3.05, 3.63) is 29.3 Å². The first kappa shape index (κ1) is 18.8. The summed E-state index contributed by atoms with van der Waals surface area (Å²) in [7, 11) is 1.72. The highest BCUT2D eigenvalue weighted by Crippen LogP contribution is 2.22. The van der Waals surface area contributed by atoms with Gasteiger partial charge in [0.25, 0.3) is 0 Å². The van der Waals surface area contributed by atoms with E-state index in [0.29, 0.717) is 13.1 Å². The highest BCUT2D eigenvalue weighted by molar-refractivity contribution is 7.98. The van der Waals surface area contributed by atoms with E-state index in [-0.39, 0.29) is 5.60 Å². The van der Waals surface area contributed by atoms with Crippen LogP contribution in [-0.2, 0) is 11.3 Å². The molecule has 0 heterocycles. The van der Waals surface area contributed by atoms with Gasteiger partial charge in [0, 0.05) is 25.1 Å². The summed E-state index contributed by atoms with van der Waals surface area (Å²) in [6.45, 7) is 10.5. The van der Waals surface area contributed by atoms with Crippen LogP contribution in [-0.4, -0.2) is 38.0 Å². The van der Waals surface area contributed by atoms with Gasteiger partial charge in [-0.2, -0.15) is 0 Å². The molecule has 0 bridgehead atoms. The van der Waals surface area contributed by atoms with Crippen molar-refractivity contribution >= 4 is 17.7 Å². The van der Waals surface area contributed by atoms with Crippen molar-refractivity contribution < 1.29 is 4.74 Å². The zero-order valence-corrected chi connectivity index (χ0v) is 15.4. The molecule has 0 atom stereocenters. The zero-order chi connectivity index (χ0) is 16.6. The van der Waals surface area contributed by atoms with Gasteiger partial charge in [-0.1, -0.05) is 12.1 Å². The maximum absolute atomic E-state index is 5.43. The standard InChI is InChI=1S/C17H29N3OS/c1-7-18-16(20-12-17(3,4)21-5)19-11-14-9-8-13(2)10-15(14)22-6/h8-10H,7,11-12H2,1-6H3,(H2,18,19,20). The van der Waals surface area contributed by atoms with Crippen LogP contribution in [0.1, 0.15) is 31.9 Å². The van der Waals surface area contributed by atoms with E-state index in [1.54, 1.807) is 18.9 Å². The Balaban J connectivity index is 2.77. The molecular formula is C17H29N3OS. The number of rotatable bonds is 7. The number of guanidine groups is 1. The van der Waals surface area contributed by atoms with Crippen molar-refractivity contribution in [3.63, 3.8) is 0 Å². The molecule has 0 aliphatic rings. The van der Waals surface area contributed by atoms with Gasteiger partial charge in [-0.25, -0.2) is 4.99 Å². The Morgan fingerprint density at radius 2 is 2.05 bits per heavy atom. The lowest BCUT2D eigenvalue weighted by atomic mass is 10.1. The SMILES string of the molecule is CCNC(=NCc1ccc(C)cc1SC)NCC(C)(C)OC. The average molecular weight is 324 g/mol. The first-order chi connectivity index (χ1) is 10.4. The van der Waals surface area contributed by atoms with E-state index in [1.807, 2.05) is 0 Å². The monoisotopic (exact) mass is 323 g/mol. The average Bonchev–Trinajstić information content (AvgIpc) is 2.50. The lowest BCUT2D eigenvalue weighted by Gasteiger charge is -2.24. The molecule has 0 aliphatic carbocycles. The maximum atomic E-state index is 5.43. The van der Waals surface area contributed by atoms with Crippen LogP contribution in [0.25, 0.3) is 0 Å². The molecular weight excluding hydrogens is 294 g/mol. The molecule has 0 fully saturated rings. The number of methoxy groups -OCH3 is 1. The maximum Gasteiger partial charge on any atom is 0.191 e. The van der Waals surface area contributed by atoms with Crippen LogP contribution in [0, 0.1) is 6.92 Å². The molecule has 0 saturated heterocycles. The van der Waals surface area contributed by atoms with Crippen molar-refractivity contribution in [1.29, 1.82) is 0 Å². The topological polar surface area (TPSA) is 45.7 Å². The summed E-state index contributed by atoms with van der Waals surface area (Å²) < 4.78 is 5.43. The van der Waals surface area contributed by atoms with Crippen LogP contribution in [0.4, 0.5) is 0 Å². The first-order valence-corrected chi connectivity index (χ1v) is 8.85. The van der Waals surface area contributed by atoms with Gasteiger partial charge in [-0.3, -0.25) is 0 Å². The van der Waals surface area contributed by atoms with Crippen LogP contribution in [0.5, 0.6) is 0 Å². The third kappa shape index (κ3) is 6.28. The molecule has 0 saturated carbocycles. The van der Waals surface area contributed by atoms with Crippen LogP contribution < -0.4 is 10.6 Å². The predicted octanol–water partition coefficient (Wildman–Crippen LogP) is 3.20. The number of nitrogens with zero attached hydrogens (tertiary/aromatic N) is 1. The van der Waals surface area contributed by atoms with Gasteiger partial charge in [0.1, 0.15) is 0 Å². The second-order valence-corrected chi connectivity index (χ2v) is 6.68. The molecule has 0 amide bonds. The predicted molar refractivity (Wildman–Crippen MR) is 96.9 cm³/mol. The molecule has 124 valence electrons. The van der Waals surface area contributed by atoms with Gasteiger partial charge in [0.05, 0.1) is 12.1 Å². The fraction of sp³-hybridized carbons (Fsp3) is 0.588. The number of aryl methyl sites for hydroxylation is 1. The molecule has 0 radical (unpaired) electrons. The van der Waals surface area contributed by atoms with Gasteiger partial charge in [0.2, 0.25) is 0 Å².